The Kier molecular flexibility index (Phi) is 4.76. The van der Waals surface area contributed by atoms with Gasteiger partial charge in [0.25, 0.3) is 5.56 Å². The monoisotopic (exact) mass is 500 g/mol. The molecule has 4 rings (SSSR count). The highest BCUT2D eigenvalue weighted by Crippen LogP contribution is 2.31. The maximum Gasteiger partial charge on any atom is 0.332 e. The van der Waals surface area contributed by atoms with Crippen LogP contribution in [0.5, 0.6) is 0 Å². The molecule has 0 aliphatic rings. The summed E-state index contributed by atoms with van der Waals surface area (Å²) in [5.74, 6) is 0. The molecule has 0 saturated heterocycles. The van der Waals surface area contributed by atoms with E-state index in [1.807, 2.05) is 48.5 Å². The van der Waals surface area contributed by atoms with E-state index >= 15 is 0 Å². The van der Waals surface area contributed by atoms with Crippen molar-refractivity contribution in [3.05, 3.63) is 78.3 Å². The number of fused-ring (bicyclic) bond motifs is 1. The van der Waals surface area contributed by atoms with Crippen LogP contribution in [-0.4, -0.2) is 19.1 Å². The number of rotatable bonds is 2. The molecule has 0 amide bonds. The topological polar surface area (TPSA) is 69.8 Å². The minimum atomic E-state index is -0.466. The Bertz CT molecular complexity index is 1320. The summed E-state index contributed by atoms with van der Waals surface area (Å²) in [4.78, 5) is 34.3. The molecule has 2 aromatic carbocycles. The van der Waals surface area contributed by atoms with E-state index in [0.717, 1.165) is 24.6 Å². The SMILES string of the molecule is Cn1c(=O)c2nc(-c3ccc(Br)cc3)c(-c3ccc(Br)cc3)nc2n(C)c1=O. The molecule has 0 spiro atoms. The molecule has 2 aromatic heterocycles. The molecule has 0 atom stereocenters. The van der Waals surface area contributed by atoms with E-state index in [1.54, 1.807) is 7.05 Å². The molecular formula is C20H14Br2N4O2. The van der Waals surface area contributed by atoms with Gasteiger partial charge in [-0.2, -0.15) is 0 Å². The van der Waals surface area contributed by atoms with Gasteiger partial charge in [-0.05, 0) is 24.3 Å². The maximum absolute atomic E-state index is 12.7. The first-order valence-electron chi connectivity index (χ1n) is 8.36. The molecule has 0 saturated carbocycles. The molecule has 0 unspecified atom stereocenters. The van der Waals surface area contributed by atoms with Crippen molar-refractivity contribution in [2.75, 3.05) is 0 Å². The van der Waals surface area contributed by atoms with Crippen LogP contribution in [0.2, 0.25) is 0 Å². The normalized spacial score (nSPS) is 11.1. The lowest BCUT2D eigenvalue weighted by Gasteiger charge is -2.13. The zero-order valence-electron chi connectivity index (χ0n) is 15.0. The fourth-order valence-corrected chi connectivity index (χ4v) is 3.51. The summed E-state index contributed by atoms with van der Waals surface area (Å²) >= 11 is 6.87. The maximum atomic E-state index is 12.7. The molecule has 0 radical (unpaired) electrons. The van der Waals surface area contributed by atoms with Gasteiger partial charge in [0, 0.05) is 34.2 Å². The first kappa shape index (κ1) is 18.8. The second-order valence-electron chi connectivity index (χ2n) is 6.31. The van der Waals surface area contributed by atoms with Crippen molar-refractivity contribution in [1.29, 1.82) is 0 Å². The van der Waals surface area contributed by atoms with Crippen LogP contribution < -0.4 is 11.2 Å². The summed E-state index contributed by atoms with van der Waals surface area (Å²) in [7, 11) is 3.02. The zero-order valence-corrected chi connectivity index (χ0v) is 18.2. The van der Waals surface area contributed by atoms with E-state index in [0.29, 0.717) is 11.4 Å². The van der Waals surface area contributed by atoms with Gasteiger partial charge in [0.1, 0.15) is 0 Å². The second-order valence-corrected chi connectivity index (χ2v) is 8.14. The van der Waals surface area contributed by atoms with Crippen LogP contribution in [0.4, 0.5) is 0 Å². The van der Waals surface area contributed by atoms with E-state index in [1.165, 1.54) is 11.6 Å². The van der Waals surface area contributed by atoms with Crippen LogP contribution in [-0.2, 0) is 14.1 Å². The Morgan fingerprint density at radius 2 is 1.18 bits per heavy atom. The lowest BCUT2D eigenvalue weighted by Crippen LogP contribution is -2.37. The van der Waals surface area contributed by atoms with Gasteiger partial charge in [0.2, 0.25) is 0 Å². The summed E-state index contributed by atoms with van der Waals surface area (Å²) in [6.45, 7) is 0. The molecule has 4 aromatic rings. The van der Waals surface area contributed by atoms with Gasteiger partial charge in [-0.25, -0.2) is 14.8 Å². The fourth-order valence-electron chi connectivity index (χ4n) is 2.98. The Hall–Kier alpha value is -2.58. The third kappa shape index (κ3) is 3.12. The van der Waals surface area contributed by atoms with E-state index < -0.39 is 11.2 Å². The Morgan fingerprint density at radius 1 is 0.714 bits per heavy atom. The van der Waals surface area contributed by atoms with Gasteiger partial charge in [0.05, 0.1) is 11.4 Å². The first-order chi connectivity index (χ1) is 13.4. The van der Waals surface area contributed by atoms with Crippen molar-refractivity contribution in [2.45, 2.75) is 0 Å². The number of hydrogen-bond acceptors (Lipinski definition) is 4. The van der Waals surface area contributed by atoms with Gasteiger partial charge in [0.15, 0.2) is 11.2 Å². The molecule has 2 heterocycles. The van der Waals surface area contributed by atoms with Crippen molar-refractivity contribution in [3.63, 3.8) is 0 Å². The largest absolute Gasteiger partial charge is 0.332 e. The summed E-state index contributed by atoms with van der Waals surface area (Å²) in [6.07, 6.45) is 0. The number of aryl methyl sites for hydroxylation is 1. The number of hydrogen-bond donors (Lipinski definition) is 0. The van der Waals surface area contributed by atoms with Crippen LogP contribution in [0.3, 0.4) is 0 Å². The predicted molar refractivity (Wildman–Crippen MR) is 116 cm³/mol. The van der Waals surface area contributed by atoms with Gasteiger partial charge in [-0.15, -0.1) is 0 Å². The Morgan fingerprint density at radius 3 is 1.68 bits per heavy atom. The summed E-state index contributed by atoms with van der Waals surface area (Å²) in [6, 6.07) is 15.3. The second kappa shape index (κ2) is 7.10. The van der Waals surface area contributed by atoms with Crippen molar-refractivity contribution in [2.24, 2.45) is 14.1 Å². The highest BCUT2D eigenvalue weighted by Gasteiger charge is 2.18. The molecule has 140 valence electrons. The van der Waals surface area contributed by atoms with Crippen molar-refractivity contribution in [1.82, 2.24) is 19.1 Å². The number of aromatic nitrogens is 4. The van der Waals surface area contributed by atoms with Crippen LogP contribution in [0.15, 0.2) is 67.1 Å². The molecule has 0 N–H and O–H groups in total. The highest BCUT2D eigenvalue weighted by atomic mass is 79.9. The Balaban J connectivity index is 2.14. The predicted octanol–water partition coefficient (Wildman–Crippen LogP) is 3.89. The molecule has 28 heavy (non-hydrogen) atoms. The summed E-state index contributed by atoms with van der Waals surface area (Å²) < 4.78 is 4.27. The number of benzene rings is 2. The van der Waals surface area contributed by atoms with Crippen molar-refractivity contribution in [3.8, 4) is 22.5 Å². The molecule has 0 bridgehead atoms. The first-order valence-corrected chi connectivity index (χ1v) is 9.95. The van der Waals surface area contributed by atoms with E-state index in [-0.39, 0.29) is 11.2 Å². The lowest BCUT2D eigenvalue weighted by atomic mass is 10.0. The molecule has 8 heteroatoms. The zero-order chi connectivity index (χ0) is 20.0. The third-order valence-corrected chi connectivity index (χ3v) is 5.57. The van der Waals surface area contributed by atoms with Crippen LogP contribution in [0.25, 0.3) is 33.7 Å². The van der Waals surface area contributed by atoms with Gasteiger partial charge < -0.3 is 0 Å². The highest BCUT2D eigenvalue weighted by molar-refractivity contribution is 9.10. The number of nitrogens with zero attached hydrogens (tertiary/aromatic N) is 4. The average Bonchev–Trinajstić information content (AvgIpc) is 2.71. The summed E-state index contributed by atoms with van der Waals surface area (Å²) in [5, 5.41) is 0. The van der Waals surface area contributed by atoms with Gasteiger partial charge >= 0.3 is 5.69 Å². The van der Waals surface area contributed by atoms with Crippen LogP contribution in [0.1, 0.15) is 0 Å². The van der Waals surface area contributed by atoms with Crippen LogP contribution in [0, 0.1) is 0 Å². The third-order valence-electron chi connectivity index (χ3n) is 4.51. The Labute approximate surface area is 176 Å². The minimum Gasteiger partial charge on any atom is -0.279 e. The van der Waals surface area contributed by atoms with E-state index in [4.69, 9.17) is 4.98 Å². The smallest absolute Gasteiger partial charge is 0.279 e. The van der Waals surface area contributed by atoms with E-state index in [2.05, 4.69) is 36.8 Å². The quantitative estimate of drug-likeness (QED) is 0.418. The van der Waals surface area contributed by atoms with Gasteiger partial charge in [-0.3, -0.25) is 13.9 Å². The van der Waals surface area contributed by atoms with Crippen LogP contribution >= 0.6 is 31.9 Å². The molecule has 6 nitrogen and oxygen atoms in total. The molecule has 0 aliphatic heterocycles. The van der Waals surface area contributed by atoms with Crippen molar-refractivity contribution < 1.29 is 0 Å². The minimum absolute atomic E-state index is 0.156. The molecule has 0 aliphatic carbocycles. The average molecular weight is 502 g/mol. The molecule has 0 fully saturated rings. The van der Waals surface area contributed by atoms with E-state index in [9.17, 15) is 9.59 Å². The number of halogens is 2. The lowest BCUT2D eigenvalue weighted by molar-refractivity contribution is 0.705. The fraction of sp³-hybridized carbons (Fsp3) is 0.100. The van der Waals surface area contributed by atoms with Crippen molar-refractivity contribution >= 4 is 43.0 Å². The summed E-state index contributed by atoms with van der Waals surface area (Å²) in [5.41, 5.74) is 2.35. The molecular weight excluding hydrogens is 488 g/mol. The standard InChI is InChI=1S/C20H14Br2N4O2/c1-25-18-17(19(27)26(2)20(25)28)23-15(11-3-7-13(21)8-4-11)16(24-18)12-5-9-14(22)10-6-12/h3-10H,1-2H3. The van der Waals surface area contributed by atoms with Gasteiger partial charge in [-0.1, -0.05) is 56.1 Å².